The zero-order valence-corrected chi connectivity index (χ0v) is 17.1. The van der Waals surface area contributed by atoms with Crippen molar-refractivity contribution in [2.75, 3.05) is 37.6 Å². The Labute approximate surface area is 173 Å². The number of amides is 2. The van der Waals surface area contributed by atoms with Gasteiger partial charge in [0.05, 0.1) is 6.54 Å². The molecule has 1 aromatic carbocycles. The zero-order valence-electron chi connectivity index (χ0n) is 15.5. The SMILES string of the molecule is Cl.Cl.N[C@@H]1CCC[C@H]1CC(=O)NCC(=O)N1CCN(c2ccccc2)CC1. The smallest absolute Gasteiger partial charge is 0.242 e. The summed E-state index contributed by atoms with van der Waals surface area (Å²) in [5, 5.41) is 2.77. The van der Waals surface area contributed by atoms with Crippen molar-refractivity contribution in [3.63, 3.8) is 0 Å². The Morgan fingerprint density at radius 1 is 1.04 bits per heavy atom. The molecule has 2 amide bonds. The first-order chi connectivity index (χ1) is 12.1. The molecular weight excluding hydrogens is 387 g/mol. The zero-order chi connectivity index (χ0) is 17.6. The third-order valence-corrected chi connectivity index (χ3v) is 5.36. The summed E-state index contributed by atoms with van der Waals surface area (Å²) in [7, 11) is 0. The number of nitrogens with two attached hydrogens (primary N) is 1. The molecule has 8 heteroatoms. The first kappa shape index (κ1) is 23.5. The maximum absolute atomic E-state index is 12.3. The lowest BCUT2D eigenvalue weighted by Crippen LogP contribution is -2.51. The lowest BCUT2D eigenvalue weighted by molar-refractivity contribution is -0.133. The predicted octanol–water partition coefficient (Wildman–Crippen LogP) is 1.81. The average molecular weight is 417 g/mol. The molecule has 1 aliphatic carbocycles. The van der Waals surface area contributed by atoms with Gasteiger partial charge in [-0.25, -0.2) is 0 Å². The van der Waals surface area contributed by atoms with Crippen LogP contribution in [0.1, 0.15) is 25.7 Å². The number of halogens is 2. The highest BCUT2D eigenvalue weighted by Crippen LogP contribution is 2.26. The van der Waals surface area contributed by atoms with E-state index in [2.05, 4.69) is 22.3 Å². The van der Waals surface area contributed by atoms with Crippen molar-refractivity contribution < 1.29 is 9.59 Å². The Bertz CT molecular complexity index is 595. The molecule has 1 heterocycles. The Kier molecular flexibility index (Phi) is 9.91. The van der Waals surface area contributed by atoms with Crippen LogP contribution in [0.15, 0.2) is 30.3 Å². The molecule has 3 N–H and O–H groups in total. The number of nitrogens with one attached hydrogen (secondary N) is 1. The van der Waals surface area contributed by atoms with Gasteiger partial charge in [-0.15, -0.1) is 24.8 Å². The van der Waals surface area contributed by atoms with Crippen LogP contribution in [0.5, 0.6) is 0 Å². The molecule has 152 valence electrons. The van der Waals surface area contributed by atoms with E-state index in [1.807, 2.05) is 23.1 Å². The van der Waals surface area contributed by atoms with Crippen LogP contribution in [0.3, 0.4) is 0 Å². The summed E-state index contributed by atoms with van der Waals surface area (Å²) in [6.07, 6.45) is 3.56. The van der Waals surface area contributed by atoms with E-state index in [-0.39, 0.29) is 55.1 Å². The van der Waals surface area contributed by atoms with Gasteiger partial charge in [0.2, 0.25) is 11.8 Å². The monoisotopic (exact) mass is 416 g/mol. The molecule has 0 aromatic heterocycles. The maximum Gasteiger partial charge on any atom is 0.242 e. The van der Waals surface area contributed by atoms with E-state index < -0.39 is 0 Å². The van der Waals surface area contributed by atoms with Gasteiger partial charge in [-0.05, 0) is 30.9 Å². The fourth-order valence-electron chi connectivity index (χ4n) is 3.77. The van der Waals surface area contributed by atoms with Gasteiger partial charge in [0.25, 0.3) is 0 Å². The summed E-state index contributed by atoms with van der Waals surface area (Å²) in [5.41, 5.74) is 7.19. The molecule has 2 atom stereocenters. The van der Waals surface area contributed by atoms with Crippen LogP contribution in [0, 0.1) is 5.92 Å². The van der Waals surface area contributed by atoms with E-state index in [1.54, 1.807) is 0 Å². The molecule has 1 aliphatic heterocycles. The molecule has 0 bridgehead atoms. The van der Waals surface area contributed by atoms with Gasteiger partial charge in [-0.2, -0.15) is 0 Å². The van der Waals surface area contributed by atoms with Crippen molar-refractivity contribution in [3.05, 3.63) is 30.3 Å². The van der Waals surface area contributed by atoms with Crippen LogP contribution in [-0.4, -0.2) is 55.5 Å². The van der Waals surface area contributed by atoms with Gasteiger partial charge >= 0.3 is 0 Å². The molecule has 3 rings (SSSR count). The molecule has 0 radical (unpaired) electrons. The normalized spacial score (nSPS) is 21.8. The van der Waals surface area contributed by atoms with Crippen molar-refractivity contribution >= 4 is 42.3 Å². The number of rotatable bonds is 5. The minimum atomic E-state index is -0.0568. The van der Waals surface area contributed by atoms with Gasteiger partial charge in [0.1, 0.15) is 0 Å². The molecule has 6 nitrogen and oxygen atoms in total. The van der Waals surface area contributed by atoms with Crippen LogP contribution < -0.4 is 16.0 Å². The van der Waals surface area contributed by atoms with Gasteiger partial charge in [-0.3, -0.25) is 9.59 Å². The fraction of sp³-hybridized carbons (Fsp3) is 0.579. The second-order valence-electron chi connectivity index (χ2n) is 7.04. The highest BCUT2D eigenvalue weighted by Gasteiger charge is 2.26. The van der Waals surface area contributed by atoms with Crippen LogP contribution in [-0.2, 0) is 9.59 Å². The summed E-state index contributed by atoms with van der Waals surface area (Å²) in [5.74, 6) is 0.208. The number of hydrogen-bond donors (Lipinski definition) is 2. The number of nitrogens with zero attached hydrogens (tertiary/aromatic N) is 2. The molecule has 27 heavy (non-hydrogen) atoms. The van der Waals surface area contributed by atoms with Crippen molar-refractivity contribution in [2.45, 2.75) is 31.7 Å². The lowest BCUT2D eigenvalue weighted by Gasteiger charge is -2.36. The molecule has 1 saturated heterocycles. The summed E-state index contributed by atoms with van der Waals surface area (Å²) in [4.78, 5) is 28.5. The fourth-order valence-corrected chi connectivity index (χ4v) is 3.77. The molecule has 0 unspecified atom stereocenters. The first-order valence-electron chi connectivity index (χ1n) is 9.23. The topological polar surface area (TPSA) is 78.7 Å². The Hall–Kier alpha value is -1.50. The van der Waals surface area contributed by atoms with E-state index in [4.69, 9.17) is 5.73 Å². The van der Waals surface area contributed by atoms with E-state index in [1.165, 1.54) is 5.69 Å². The van der Waals surface area contributed by atoms with Crippen molar-refractivity contribution in [3.8, 4) is 0 Å². The Balaban J connectivity index is 0.00000182. The molecule has 1 aromatic rings. The molecule has 1 saturated carbocycles. The first-order valence-corrected chi connectivity index (χ1v) is 9.23. The predicted molar refractivity (Wildman–Crippen MR) is 113 cm³/mol. The average Bonchev–Trinajstić information content (AvgIpc) is 3.05. The molecular formula is C19H30Cl2N4O2. The van der Waals surface area contributed by atoms with Gasteiger partial charge in [0.15, 0.2) is 0 Å². The van der Waals surface area contributed by atoms with E-state index in [9.17, 15) is 9.59 Å². The van der Waals surface area contributed by atoms with Gasteiger partial charge in [-0.1, -0.05) is 24.6 Å². The Morgan fingerprint density at radius 3 is 2.30 bits per heavy atom. The lowest BCUT2D eigenvalue weighted by atomic mass is 10.00. The van der Waals surface area contributed by atoms with Crippen molar-refractivity contribution in [1.82, 2.24) is 10.2 Å². The van der Waals surface area contributed by atoms with Gasteiger partial charge < -0.3 is 20.9 Å². The van der Waals surface area contributed by atoms with E-state index >= 15 is 0 Å². The number of carbonyl (C=O) groups excluding carboxylic acids is 2. The van der Waals surface area contributed by atoms with Crippen LogP contribution in [0.2, 0.25) is 0 Å². The summed E-state index contributed by atoms with van der Waals surface area (Å²) in [6.45, 7) is 3.11. The highest BCUT2D eigenvalue weighted by atomic mass is 35.5. The Morgan fingerprint density at radius 2 is 1.70 bits per heavy atom. The number of para-hydroxylation sites is 1. The van der Waals surface area contributed by atoms with E-state index in [0.29, 0.717) is 19.5 Å². The summed E-state index contributed by atoms with van der Waals surface area (Å²) < 4.78 is 0. The number of benzene rings is 1. The largest absolute Gasteiger partial charge is 0.368 e. The van der Waals surface area contributed by atoms with E-state index in [0.717, 1.165) is 32.4 Å². The second kappa shape index (κ2) is 11.4. The van der Waals surface area contributed by atoms with Crippen LogP contribution in [0.25, 0.3) is 0 Å². The standard InChI is InChI=1S/C19H28N4O2.2ClH/c20-17-8-4-5-15(17)13-18(24)21-14-19(25)23-11-9-22(10-12-23)16-6-2-1-3-7-16;;/h1-3,6-7,15,17H,4-5,8-14,20H2,(H,21,24);2*1H/t15-,17+;;/m0../s1. The van der Waals surface area contributed by atoms with Crippen molar-refractivity contribution in [1.29, 1.82) is 0 Å². The molecule has 2 fully saturated rings. The molecule has 2 aliphatic rings. The quantitative estimate of drug-likeness (QED) is 0.766. The van der Waals surface area contributed by atoms with Crippen molar-refractivity contribution in [2.24, 2.45) is 11.7 Å². The minimum absolute atomic E-state index is 0. The number of anilines is 1. The number of piperazine rings is 1. The third kappa shape index (κ3) is 6.55. The summed E-state index contributed by atoms with van der Waals surface area (Å²) >= 11 is 0. The minimum Gasteiger partial charge on any atom is -0.368 e. The van der Waals surface area contributed by atoms with Gasteiger partial charge in [0, 0.05) is 44.3 Å². The van der Waals surface area contributed by atoms with Crippen LogP contribution >= 0.6 is 24.8 Å². The number of hydrogen-bond acceptors (Lipinski definition) is 4. The highest BCUT2D eigenvalue weighted by molar-refractivity contribution is 5.86. The van der Waals surface area contributed by atoms with Crippen LogP contribution in [0.4, 0.5) is 5.69 Å². The third-order valence-electron chi connectivity index (χ3n) is 5.36. The molecule has 0 spiro atoms. The summed E-state index contributed by atoms with van der Waals surface area (Å²) in [6, 6.07) is 10.4. The maximum atomic E-state index is 12.3. The number of carbonyl (C=O) groups is 2. The second-order valence-corrected chi connectivity index (χ2v) is 7.04.